The van der Waals surface area contributed by atoms with Gasteiger partial charge in [0.1, 0.15) is 0 Å². The molecule has 0 aliphatic rings. The van der Waals surface area contributed by atoms with E-state index in [4.69, 9.17) is 34.7 Å². The number of nitrogens with two attached hydrogens (primary N) is 2. The Labute approximate surface area is 65.5 Å². The van der Waals surface area contributed by atoms with Crippen molar-refractivity contribution >= 4 is 23.2 Å². The molecule has 0 rings (SSSR count). The maximum Gasteiger partial charge on any atom is 0.166 e. The highest BCUT2D eigenvalue weighted by molar-refractivity contribution is 6.47. The van der Waals surface area contributed by atoms with Gasteiger partial charge < -0.3 is 11.5 Å². The Morgan fingerprint density at radius 1 is 1.22 bits per heavy atom. The lowest BCUT2D eigenvalue weighted by Gasteiger charge is -2.11. The molecule has 4 heteroatoms. The Morgan fingerprint density at radius 3 is 2.11 bits per heavy atom. The molecule has 0 aliphatic carbocycles. The molecule has 0 aliphatic heterocycles. The zero-order valence-electron chi connectivity index (χ0n) is 5.24. The van der Waals surface area contributed by atoms with E-state index in [9.17, 15) is 0 Å². The molecule has 4 N–H and O–H groups in total. The second-order valence-corrected chi connectivity index (χ2v) is 3.55. The standard InChI is InChI=1S/C5H12Cl2N2/c6-5(7,9)3-1-2-4-8/h1-4,8-9H2. The SMILES string of the molecule is NCCCCC(N)(Cl)Cl. The summed E-state index contributed by atoms with van der Waals surface area (Å²) < 4.78 is -1.06. The smallest absolute Gasteiger partial charge is 0.166 e. The molecule has 0 amide bonds. The summed E-state index contributed by atoms with van der Waals surface area (Å²) in [5.74, 6) is 0. The van der Waals surface area contributed by atoms with E-state index >= 15 is 0 Å². The van der Waals surface area contributed by atoms with E-state index in [2.05, 4.69) is 0 Å². The van der Waals surface area contributed by atoms with Crippen molar-refractivity contribution in [2.45, 2.75) is 23.7 Å². The van der Waals surface area contributed by atoms with Gasteiger partial charge in [0, 0.05) is 0 Å². The minimum atomic E-state index is -1.06. The van der Waals surface area contributed by atoms with Crippen molar-refractivity contribution in [2.24, 2.45) is 11.5 Å². The molecular formula is C5H12Cl2N2. The van der Waals surface area contributed by atoms with Crippen LogP contribution in [-0.4, -0.2) is 11.0 Å². The van der Waals surface area contributed by atoms with Gasteiger partial charge in [-0.05, 0) is 25.8 Å². The van der Waals surface area contributed by atoms with Crippen molar-refractivity contribution in [3.63, 3.8) is 0 Å². The molecule has 0 heterocycles. The molecular weight excluding hydrogens is 159 g/mol. The second-order valence-electron chi connectivity index (χ2n) is 2.01. The average molecular weight is 171 g/mol. The lowest BCUT2D eigenvalue weighted by atomic mass is 10.2. The van der Waals surface area contributed by atoms with E-state index < -0.39 is 4.46 Å². The largest absolute Gasteiger partial charge is 0.330 e. The molecule has 0 bridgehead atoms. The molecule has 0 radical (unpaired) electrons. The van der Waals surface area contributed by atoms with Crippen LogP contribution in [0.3, 0.4) is 0 Å². The van der Waals surface area contributed by atoms with Gasteiger partial charge in [-0.25, -0.2) is 0 Å². The van der Waals surface area contributed by atoms with Crippen LogP contribution in [0.4, 0.5) is 0 Å². The molecule has 56 valence electrons. The van der Waals surface area contributed by atoms with Gasteiger partial charge in [-0.2, -0.15) is 0 Å². The zero-order valence-corrected chi connectivity index (χ0v) is 6.75. The molecule has 0 unspecified atom stereocenters. The first-order valence-electron chi connectivity index (χ1n) is 2.93. The fourth-order valence-corrected chi connectivity index (χ4v) is 0.772. The molecule has 0 saturated heterocycles. The maximum atomic E-state index is 5.47. The van der Waals surface area contributed by atoms with Crippen LogP contribution in [0.2, 0.25) is 0 Å². The summed E-state index contributed by atoms with van der Waals surface area (Å²) in [6, 6.07) is 0. The fraction of sp³-hybridized carbons (Fsp3) is 1.00. The van der Waals surface area contributed by atoms with Gasteiger partial charge in [-0.15, -0.1) is 0 Å². The van der Waals surface area contributed by atoms with Crippen molar-refractivity contribution in [3.8, 4) is 0 Å². The van der Waals surface area contributed by atoms with Gasteiger partial charge >= 0.3 is 0 Å². The van der Waals surface area contributed by atoms with Crippen molar-refractivity contribution < 1.29 is 0 Å². The first-order chi connectivity index (χ1) is 4.06. The monoisotopic (exact) mass is 170 g/mol. The Balaban J connectivity index is 3.07. The summed E-state index contributed by atoms with van der Waals surface area (Å²) in [4.78, 5) is 0. The third-order valence-electron chi connectivity index (χ3n) is 0.964. The molecule has 0 aromatic carbocycles. The highest BCUT2D eigenvalue weighted by Gasteiger charge is 2.14. The van der Waals surface area contributed by atoms with E-state index in [1.165, 1.54) is 0 Å². The minimum absolute atomic E-state index is 0.604. The molecule has 0 saturated carbocycles. The molecule has 2 nitrogen and oxygen atoms in total. The highest BCUT2D eigenvalue weighted by atomic mass is 35.5. The van der Waals surface area contributed by atoms with E-state index in [0.29, 0.717) is 13.0 Å². The summed E-state index contributed by atoms with van der Waals surface area (Å²) in [5, 5.41) is 0. The van der Waals surface area contributed by atoms with E-state index in [-0.39, 0.29) is 0 Å². The number of hydrogen-bond acceptors (Lipinski definition) is 2. The van der Waals surface area contributed by atoms with Gasteiger partial charge in [0.15, 0.2) is 4.46 Å². The van der Waals surface area contributed by atoms with Crippen molar-refractivity contribution in [1.82, 2.24) is 0 Å². The molecule has 0 atom stereocenters. The summed E-state index contributed by atoms with van der Waals surface area (Å²) in [7, 11) is 0. The van der Waals surface area contributed by atoms with Crippen LogP contribution in [0.5, 0.6) is 0 Å². The topological polar surface area (TPSA) is 52.0 Å². The molecule has 0 aromatic heterocycles. The van der Waals surface area contributed by atoms with Crippen LogP contribution in [0.25, 0.3) is 0 Å². The molecule has 0 aromatic rings. The number of hydrogen-bond donors (Lipinski definition) is 2. The van der Waals surface area contributed by atoms with Crippen LogP contribution >= 0.6 is 23.2 Å². The van der Waals surface area contributed by atoms with Crippen LogP contribution < -0.4 is 11.5 Å². The van der Waals surface area contributed by atoms with Crippen LogP contribution in [0.15, 0.2) is 0 Å². The maximum absolute atomic E-state index is 5.47. The summed E-state index contributed by atoms with van der Waals surface area (Å²) in [5.41, 5.74) is 10.5. The van der Waals surface area contributed by atoms with E-state index in [1.54, 1.807) is 0 Å². The quantitative estimate of drug-likeness (QED) is 0.379. The first-order valence-corrected chi connectivity index (χ1v) is 3.68. The lowest BCUT2D eigenvalue weighted by Crippen LogP contribution is -2.25. The van der Waals surface area contributed by atoms with Gasteiger partial charge in [0.25, 0.3) is 0 Å². The Kier molecular flexibility index (Phi) is 4.58. The summed E-state index contributed by atoms with van der Waals surface area (Å²) >= 11 is 10.9. The highest BCUT2D eigenvalue weighted by Crippen LogP contribution is 2.19. The fourth-order valence-electron chi connectivity index (χ4n) is 0.505. The van der Waals surface area contributed by atoms with Crippen molar-refractivity contribution in [1.29, 1.82) is 0 Å². The average Bonchev–Trinajstić information content (AvgIpc) is 1.63. The minimum Gasteiger partial charge on any atom is -0.330 e. The first kappa shape index (κ1) is 9.50. The number of unbranched alkanes of at least 4 members (excludes halogenated alkanes) is 1. The number of rotatable bonds is 4. The van der Waals surface area contributed by atoms with E-state index in [1.807, 2.05) is 0 Å². The third kappa shape index (κ3) is 8.50. The predicted molar refractivity (Wildman–Crippen MR) is 41.5 cm³/mol. The predicted octanol–water partition coefficient (Wildman–Crippen LogP) is 1.21. The van der Waals surface area contributed by atoms with Gasteiger partial charge in [-0.1, -0.05) is 23.2 Å². The Bertz CT molecular complexity index is 69.8. The third-order valence-corrected chi connectivity index (χ3v) is 1.34. The van der Waals surface area contributed by atoms with Gasteiger partial charge in [0.05, 0.1) is 0 Å². The van der Waals surface area contributed by atoms with Crippen molar-refractivity contribution in [2.75, 3.05) is 6.54 Å². The van der Waals surface area contributed by atoms with Crippen LogP contribution in [0.1, 0.15) is 19.3 Å². The Hall–Kier alpha value is 0.500. The second kappa shape index (κ2) is 4.34. The lowest BCUT2D eigenvalue weighted by molar-refractivity contribution is 0.634. The number of alkyl halides is 2. The van der Waals surface area contributed by atoms with Crippen molar-refractivity contribution in [3.05, 3.63) is 0 Å². The normalized spacial score (nSPS) is 12.0. The van der Waals surface area contributed by atoms with Crippen LogP contribution in [-0.2, 0) is 0 Å². The molecule has 0 spiro atoms. The van der Waals surface area contributed by atoms with Gasteiger partial charge in [-0.3, -0.25) is 0 Å². The van der Waals surface area contributed by atoms with E-state index in [0.717, 1.165) is 12.8 Å². The van der Waals surface area contributed by atoms with Gasteiger partial charge in [0.2, 0.25) is 0 Å². The molecule has 9 heavy (non-hydrogen) atoms. The summed E-state index contributed by atoms with van der Waals surface area (Å²) in [6.07, 6.45) is 2.42. The Morgan fingerprint density at radius 2 is 1.78 bits per heavy atom. The summed E-state index contributed by atoms with van der Waals surface area (Å²) in [6.45, 7) is 0.670. The number of halogens is 2. The molecule has 0 fully saturated rings. The zero-order chi connectivity index (χ0) is 7.33. The van der Waals surface area contributed by atoms with Crippen LogP contribution in [0, 0.1) is 0 Å².